The van der Waals surface area contributed by atoms with Crippen LogP contribution in [0.3, 0.4) is 0 Å². The number of nitrogens with zero attached hydrogens (tertiary/aromatic N) is 5. The Bertz CT molecular complexity index is 1040. The van der Waals surface area contributed by atoms with Crippen molar-refractivity contribution < 1.29 is 10.2 Å². The molecule has 0 bridgehead atoms. The number of benzene rings is 2. The van der Waals surface area contributed by atoms with Crippen LogP contribution in [0.5, 0.6) is 0 Å². The normalized spacial score (nSPS) is 13.9. The first-order valence-electron chi connectivity index (χ1n) is 8.89. The lowest BCUT2D eigenvalue weighted by molar-refractivity contribution is 0.418. The molecular weight excluding hydrogens is 362 g/mol. The highest BCUT2D eigenvalue weighted by Crippen LogP contribution is 2.30. The summed E-state index contributed by atoms with van der Waals surface area (Å²) in [6.45, 7) is 3.74. The minimum Gasteiger partial charge on any atom is -0.371 e. The molecular formula is C20H20F2N6. The Kier molecular flexibility index (Phi) is 4.65. The van der Waals surface area contributed by atoms with E-state index in [0.29, 0.717) is 18.3 Å². The van der Waals surface area contributed by atoms with Crippen molar-refractivity contribution in [2.24, 2.45) is 5.92 Å². The molecule has 0 aliphatic carbocycles. The highest BCUT2D eigenvalue weighted by atomic mass is 19.1. The first kappa shape index (κ1) is 17.9. The molecule has 1 fully saturated rings. The molecule has 0 saturated carbocycles. The maximum atomic E-state index is 13.4. The van der Waals surface area contributed by atoms with Gasteiger partial charge in [0.2, 0.25) is 5.95 Å². The summed E-state index contributed by atoms with van der Waals surface area (Å²) in [7, 11) is 0. The summed E-state index contributed by atoms with van der Waals surface area (Å²) >= 11 is 0. The molecule has 1 aromatic heterocycles. The zero-order valence-electron chi connectivity index (χ0n) is 15.2. The fourth-order valence-corrected chi connectivity index (χ4v) is 3.30. The maximum absolute atomic E-state index is 13.4. The fraction of sp³-hybridized carbons (Fsp3) is 0.250. The largest absolute Gasteiger partial charge is 0.371 e. The Hall–Kier alpha value is -3.47. The van der Waals surface area contributed by atoms with Crippen molar-refractivity contribution in [1.82, 2.24) is 14.8 Å². The molecule has 1 saturated heterocycles. The predicted octanol–water partition coefficient (Wildman–Crippen LogP) is 4.19. The molecule has 2 aromatic carbocycles. The molecule has 0 spiro atoms. The van der Waals surface area contributed by atoms with E-state index >= 15 is 0 Å². The van der Waals surface area contributed by atoms with Crippen LogP contribution in [0, 0.1) is 35.8 Å². The van der Waals surface area contributed by atoms with Gasteiger partial charge in [-0.15, -0.1) is 5.10 Å². The van der Waals surface area contributed by atoms with Crippen molar-refractivity contribution in [3.8, 4) is 11.8 Å². The summed E-state index contributed by atoms with van der Waals surface area (Å²) in [4.78, 5) is 6.39. The number of nitrogens with one attached hydrogen (secondary N) is 1. The van der Waals surface area contributed by atoms with Crippen LogP contribution in [0.4, 0.5) is 26.1 Å². The van der Waals surface area contributed by atoms with Crippen molar-refractivity contribution in [3.05, 3.63) is 59.9 Å². The Morgan fingerprint density at radius 3 is 2.61 bits per heavy atom. The van der Waals surface area contributed by atoms with Crippen molar-refractivity contribution in [1.29, 1.82) is 5.26 Å². The summed E-state index contributed by atoms with van der Waals surface area (Å²) in [6.07, 6.45) is 1.98. The lowest BCUT2D eigenvalue weighted by atomic mass is 9.96. The van der Waals surface area contributed by atoms with Gasteiger partial charge in [-0.2, -0.15) is 10.2 Å². The summed E-state index contributed by atoms with van der Waals surface area (Å²) in [6, 6.07) is 11.5. The average molecular weight is 382 g/mol. The van der Waals surface area contributed by atoms with E-state index in [1.165, 1.54) is 23.1 Å². The van der Waals surface area contributed by atoms with Crippen LogP contribution in [-0.4, -0.2) is 27.9 Å². The third-order valence-corrected chi connectivity index (χ3v) is 4.62. The van der Waals surface area contributed by atoms with Crippen molar-refractivity contribution in [3.63, 3.8) is 0 Å². The van der Waals surface area contributed by atoms with E-state index < -0.39 is 11.6 Å². The molecule has 28 heavy (non-hydrogen) atoms. The maximum Gasteiger partial charge on any atom is 0.246 e. The number of hydrogen-bond donors (Lipinski definition) is 1. The summed E-state index contributed by atoms with van der Waals surface area (Å²) < 4.78 is 28.1. The lowest BCUT2D eigenvalue weighted by Crippen LogP contribution is -2.46. The molecule has 6 nitrogen and oxygen atoms in total. The molecule has 144 valence electrons. The molecule has 8 heteroatoms. The molecule has 0 atom stereocenters. The number of hydrogen-bond acceptors (Lipinski definition) is 5. The van der Waals surface area contributed by atoms with Gasteiger partial charge in [0, 0.05) is 44.3 Å². The minimum absolute atomic E-state index is 0. The van der Waals surface area contributed by atoms with Crippen LogP contribution in [-0.2, 0) is 0 Å². The van der Waals surface area contributed by atoms with Gasteiger partial charge < -0.3 is 10.2 Å². The third kappa shape index (κ3) is 3.78. The van der Waals surface area contributed by atoms with Crippen LogP contribution < -0.4 is 10.2 Å². The number of rotatable bonds is 5. The summed E-state index contributed by atoms with van der Waals surface area (Å²) in [5.74, 6) is -0.599. The lowest BCUT2D eigenvalue weighted by Gasteiger charge is -2.40. The van der Waals surface area contributed by atoms with E-state index in [9.17, 15) is 8.78 Å². The van der Waals surface area contributed by atoms with Gasteiger partial charge in [-0.25, -0.2) is 13.5 Å². The first-order chi connectivity index (χ1) is 13.5. The van der Waals surface area contributed by atoms with E-state index in [1.54, 1.807) is 0 Å². The minimum atomic E-state index is -0.674. The smallest absolute Gasteiger partial charge is 0.246 e. The Morgan fingerprint density at radius 2 is 1.89 bits per heavy atom. The highest BCUT2D eigenvalue weighted by Gasteiger charge is 2.26. The second-order valence-electron chi connectivity index (χ2n) is 6.96. The number of halogens is 2. The summed E-state index contributed by atoms with van der Waals surface area (Å²) in [5.41, 5.74) is 3.23. The standard InChI is InChI=1S/C20H18F2N6.H2/c1-13-4-17(9-18(5-13)27-10-14(11-27)2-3-23)25-20-24-12-28(26-20)19-7-15(21)6-16(22)8-19;/h4-9,12,14H,2,10-11H2,1H3,(H,25,26);1H. The molecule has 1 N–H and O–H groups in total. The molecule has 2 heterocycles. The van der Waals surface area contributed by atoms with Gasteiger partial charge in [-0.05, 0) is 42.8 Å². The van der Waals surface area contributed by atoms with Gasteiger partial charge in [-0.3, -0.25) is 0 Å². The zero-order chi connectivity index (χ0) is 19.7. The SMILES string of the molecule is Cc1cc(Nc2ncn(-c3cc(F)cc(F)c3)n2)cc(N2CC(CC#N)C2)c1.[HH]. The van der Waals surface area contributed by atoms with E-state index in [4.69, 9.17) is 5.26 Å². The Morgan fingerprint density at radius 1 is 1.14 bits per heavy atom. The number of aryl methyl sites for hydroxylation is 1. The highest BCUT2D eigenvalue weighted by molar-refractivity contribution is 5.64. The number of anilines is 3. The van der Waals surface area contributed by atoms with E-state index in [-0.39, 0.29) is 7.11 Å². The van der Waals surface area contributed by atoms with Crippen LogP contribution >= 0.6 is 0 Å². The zero-order valence-corrected chi connectivity index (χ0v) is 15.2. The van der Waals surface area contributed by atoms with Crippen molar-refractivity contribution in [2.45, 2.75) is 13.3 Å². The number of nitriles is 1. The van der Waals surface area contributed by atoms with Gasteiger partial charge in [-0.1, -0.05) is 0 Å². The van der Waals surface area contributed by atoms with Crippen LogP contribution in [0.25, 0.3) is 5.69 Å². The molecule has 3 aromatic rings. The topological polar surface area (TPSA) is 69.8 Å². The molecule has 0 unspecified atom stereocenters. The van der Waals surface area contributed by atoms with Crippen LogP contribution in [0.1, 0.15) is 13.4 Å². The van der Waals surface area contributed by atoms with Crippen molar-refractivity contribution in [2.75, 3.05) is 23.3 Å². The Labute approximate surface area is 162 Å². The second-order valence-corrected chi connectivity index (χ2v) is 6.96. The van der Waals surface area contributed by atoms with Gasteiger partial charge in [0.25, 0.3) is 0 Å². The van der Waals surface area contributed by atoms with E-state index in [0.717, 1.165) is 36.1 Å². The van der Waals surface area contributed by atoms with E-state index in [2.05, 4.69) is 32.4 Å². The van der Waals surface area contributed by atoms with Crippen LogP contribution in [0.15, 0.2) is 42.7 Å². The van der Waals surface area contributed by atoms with Gasteiger partial charge in [0.15, 0.2) is 0 Å². The van der Waals surface area contributed by atoms with Gasteiger partial charge in [0.1, 0.15) is 18.0 Å². The first-order valence-corrected chi connectivity index (χ1v) is 8.89. The summed E-state index contributed by atoms with van der Waals surface area (Å²) in [5, 5.41) is 16.2. The second kappa shape index (κ2) is 7.27. The van der Waals surface area contributed by atoms with Crippen LogP contribution in [0.2, 0.25) is 0 Å². The Balaban J connectivity index is 0.00000240. The monoisotopic (exact) mass is 382 g/mol. The van der Waals surface area contributed by atoms with Crippen molar-refractivity contribution >= 4 is 17.3 Å². The molecule has 1 aliphatic heterocycles. The van der Waals surface area contributed by atoms with Gasteiger partial charge >= 0.3 is 0 Å². The molecule has 1 aliphatic rings. The molecule has 4 rings (SSSR count). The fourth-order valence-electron chi connectivity index (χ4n) is 3.30. The molecule has 0 amide bonds. The van der Waals surface area contributed by atoms with E-state index in [1.807, 2.05) is 19.1 Å². The quantitative estimate of drug-likeness (QED) is 0.716. The third-order valence-electron chi connectivity index (χ3n) is 4.62. The average Bonchev–Trinajstić information content (AvgIpc) is 3.05. The number of aromatic nitrogens is 3. The predicted molar refractivity (Wildman–Crippen MR) is 104 cm³/mol. The van der Waals surface area contributed by atoms with Gasteiger partial charge in [0.05, 0.1) is 11.8 Å². The molecule has 0 radical (unpaired) electrons.